The van der Waals surface area contributed by atoms with Crippen LogP contribution in [0.25, 0.3) is 0 Å². The number of hydrogen-bond donors (Lipinski definition) is 1. The first kappa shape index (κ1) is 22.7. The van der Waals surface area contributed by atoms with Gasteiger partial charge in [-0.15, -0.1) is 0 Å². The van der Waals surface area contributed by atoms with Crippen LogP contribution in [0.2, 0.25) is 10.0 Å². The van der Waals surface area contributed by atoms with E-state index in [-0.39, 0.29) is 12.3 Å². The van der Waals surface area contributed by atoms with Crippen LogP contribution in [0.5, 0.6) is 0 Å². The maximum atomic E-state index is 11.3. The predicted octanol–water partition coefficient (Wildman–Crippen LogP) is 4.16. The second kappa shape index (κ2) is 12.2. The van der Waals surface area contributed by atoms with E-state index >= 15 is 0 Å². The zero-order valence-electron chi connectivity index (χ0n) is 15.5. The summed E-state index contributed by atoms with van der Waals surface area (Å²) in [6, 6.07) is 5.35. The maximum Gasteiger partial charge on any atom is 0.303 e. The minimum absolute atomic E-state index is 0.0246. The van der Waals surface area contributed by atoms with E-state index in [1.54, 1.807) is 17.0 Å². The fourth-order valence-corrected chi connectivity index (χ4v) is 3.43. The van der Waals surface area contributed by atoms with Gasteiger partial charge in [-0.1, -0.05) is 49.0 Å². The van der Waals surface area contributed by atoms with Crippen LogP contribution >= 0.6 is 23.2 Å². The summed E-state index contributed by atoms with van der Waals surface area (Å²) in [5, 5.41) is 10.4. The number of halogens is 2. The topological polar surface area (TPSA) is 60.9 Å². The number of unbranched alkanes of at least 4 members (excludes halogenated alkanes) is 2. The number of benzene rings is 1. The van der Waals surface area contributed by atoms with Gasteiger partial charge in [0, 0.05) is 36.2 Å². The average Bonchev–Trinajstić information content (AvgIpc) is 2.56. The number of amides is 1. The molecule has 0 aliphatic rings. The van der Waals surface area contributed by atoms with E-state index in [1.807, 2.05) is 18.0 Å². The van der Waals surface area contributed by atoms with Crippen LogP contribution in [0.15, 0.2) is 18.2 Å². The molecule has 0 spiro atoms. The van der Waals surface area contributed by atoms with Gasteiger partial charge in [0.05, 0.1) is 6.42 Å². The largest absolute Gasteiger partial charge is 0.481 e. The zero-order valence-corrected chi connectivity index (χ0v) is 17.0. The third-order valence-electron chi connectivity index (χ3n) is 4.18. The fourth-order valence-electron chi connectivity index (χ4n) is 2.96. The van der Waals surface area contributed by atoms with Gasteiger partial charge in [-0.05, 0) is 37.1 Å². The molecule has 1 atom stereocenters. The number of nitrogens with zero attached hydrogens (tertiary/aromatic N) is 2. The summed E-state index contributed by atoms with van der Waals surface area (Å²) in [5.41, 5.74) is 0.933. The molecule has 0 aromatic heterocycles. The maximum absolute atomic E-state index is 11.3. The number of hydrogen-bond acceptors (Lipinski definition) is 3. The molecule has 0 saturated carbocycles. The van der Waals surface area contributed by atoms with Crippen molar-refractivity contribution in [3.05, 3.63) is 33.8 Å². The van der Waals surface area contributed by atoms with Crippen molar-refractivity contribution in [2.45, 2.75) is 39.2 Å². The number of carboxylic acid groups (broad SMARTS) is 1. The van der Waals surface area contributed by atoms with Crippen LogP contribution in [0, 0.1) is 5.92 Å². The molecule has 0 fully saturated rings. The highest BCUT2D eigenvalue weighted by Crippen LogP contribution is 2.22. The second-order valence-electron chi connectivity index (χ2n) is 6.70. The van der Waals surface area contributed by atoms with Gasteiger partial charge < -0.3 is 14.9 Å². The Morgan fingerprint density at radius 3 is 2.58 bits per heavy atom. The molecule has 1 amide bonds. The smallest absolute Gasteiger partial charge is 0.303 e. The Kier molecular flexibility index (Phi) is 10.6. The van der Waals surface area contributed by atoms with Crippen LogP contribution in [0.1, 0.15) is 38.2 Å². The molecule has 0 saturated heterocycles. The lowest BCUT2D eigenvalue weighted by atomic mass is 10.0. The second-order valence-corrected chi connectivity index (χ2v) is 7.55. The first-order chi connectivity index (χ1) is 12.3. The molecule has 0 aliphatic heterocycles. The number of rotatable bonds is 13. The Labute approximate surface area is 165 Å². The summed E-state index contributed by atoms with van der Waals surface area (Å²) >= 11 is 12.1. The predicted molar refractivity (Wildman–Crippen MR) is 106 cm³/mol. The highest BCUT2D eigenvalue weighted by atomic mass is 35.5. The molecule has 0 radical (unpaired) electrons. The fraction of sp³-hybridized carbons (Fsp3) is 0.579. The first-order valence-electron chi connectivity index (χ1n) is 8.89. The van der Waals surface area contributed by atoms with Crippen molar-refractivity contribution in [1.82, 2.24) is 9.80 Å². The molecule has 7 heteroatoms. The normalized spacial score (nSPS) is 12.2. The van der Waals surface area contributed by atoms with Crippen LogP contribution in [0.4, 0.5) is 0 Å². The van der Waals surface area contributed by atoms with Gasteiger partial charge >= 0.3 is 5.97 Å². The first-order valence-corrected chi connectivity index (χ1v) is 9.64. The summed E-state index contributed by atoms with van der Waals surface area (Å²) in [6.07, 6.45) is 3.92. The molecule has 0 aliphatic carbocycles. The van der Waals surface area contributed by atoms with Crippen LogP contribution in [0.3, 0.4) is 0 Å². The SMILES string of the molecule is CCCCCN(C=O)CC(CC(=O)O)CN(C)Cc1ccc(Cl)cc1Cl. The van der Waals surface area contributed by atoms with E-state index < -0.39 is 5.97 Å². The molecule has 1 aromatic rings. The summed E-state index contributed by atoms with van der Waals surface area (Å²) in [6.45, 7) is 4.36. The molecule has 1 N–H and O–H groups in total. The van der Waals surface area contributed by atoms with Gasteiger partial charge in [0.25, 0.3) is 0 Å². The average molecular weight is 403 g/mol. The summed E-state index contributed by atoms with van der Waals surface area (Å²) in [7, 11) is 1.92. The molecular formula is C19H28Cl2N2O3. The zero-order chi connectivity index (χ0) is 19.5. The van der Waals surface area contributed by atoms with Crippen molar-refractivity contribution in [2.75, 3.05) is 26.7 Å². The lowest BCUT2D eigenvalue weighted by Gasteiger charge is -2.27. The number of carboxylic acids is 1. The number of carbonyl (C=O) groups is 2. The van der Waals surface area contributed by atoms with Crippen LogP contribution in [-0.4, -0.2) is 54.0 Å². The molecule has 5 nitrogen and oxygen atoms in total. The molecule has 0 bridgehead atoms. The van der Waals surface area contributed by atoms with Gasteiger partial charge in [0.2, 0.25) is 6.41 Å². The Morgan fingerprint density at radius 2 is 2.00 bits per heavy atom. The van der Waals surface area contributed by atoms with Crippen LogP contribution in [-0.2, 0) is 16.1 Å². The molecule has 26 heavy (non-hydrogen) atoms. The molecular weight excluding hydrogens is 375 g/mol. The van der Waals surface area contributed by atoms with Gasteiger partial charge in [0.1, 0.15) is 0 Å². The molecule has 1 aromatic carbocycles. The lowest BCUT2D eigenvalue weighted by molar-refractivity contribution is -0.138. The highest BCUT2D eigenvalue weighted by molar-refractivity contribution is 6.35. The molecule has 1 rings (SSSR count). The summed E-state index contributed by atoms with van der Waals surface area (Å²) in [4.78, 5) is 26.2. The quantitative estimate of drug-likeness (QED) is 0.397. The van der Waals surface area contributed by atoms with Crippen molar-refractivity contribution in [2.24, 2.45) is 5.92 Å². The van der Waals surface area contributed by atoms with E-state index in [1.165, 1.54) is 0 Å². The third-order valence-corrected chi connectivity index (χ3v) is 4.77. The Morgan fingerprint density at radius 1 is 1.27 bits per heavy atom. The molecule has 146 valence electrons. The van der Waals surface area contributed by atoms with E-state index in [9.17, 15) is 14.7 Å². The standard InChI is InChI=1S/C19H28Cl2N2O3/c1-3-4-5-8-23(14-24)12-15(9-19(25)26)11-22(2)13-16-6-7-17(20)10-18(16)21/h6-7,10,14-15H,3-5,8-9,11-13H2,1-2H3,(H,25,26). The Bertz CT molecular complexity index is 584. The van der Waals surface area contributed by atoms with Gasteiger partial charge in [-0.2, -0.15) is 0 Å². The van der Waals surface area contributed by atoms with Gasteiger partial charge in [-0.25, -0.2) is 0 Å². The van der Waals surface area contributed by atoms with E-state index in [2.05, 4.69) is 6.92 Å². The van der Waals surface area contributed by atoms with E-state index in [0.717, 1.165) is 31.2 Å². The summed E-state index contributed by atoms with van der Waals surface area (Å²) < 4.78 is 0. The minimum atomic E-state index is -0.854. The Hall–Kier alpha value is -1.30. The number of aliphatic carboxylic acids is 1. The molecule has 1 unspecified atom stereocenters. The highest BCUT2D eigenvalue weighted by Gasteiger charge is 2.19. The van der Waals surface area contributed by atoms with Crippen molar-refractivity contribution in [3.63, 3.8) is 0 Å². The Balaban J connectivity index is 2.66. The van der Waals surface area contributed by atoms with Gasteiger partial charge in [-0.3, -0.25) is 9.59 Å². The van der Waals surface area contributed by atoms with Crippen molar-refractivity contribution >= 4 is 35.6 Å². The molecule has 0 heterocycles. The van der Waals surface area contributed by atoms with E-state index in [4.69, 9.17) is 23.2 Å². The minimum Gasteiger partial charge on any atom is -0.481 e. The number of carbonyl (C=O) groups excluding carboxylic acids is 1. The third kappa shape index (κ3) is 8.88. The summed E-state index contributed by atoms with van der Waals surface area (Å²) in [5.74, 6) is -0.997. The van der Waals surface area contributed by atoms with Crippen molar-refractivity contribution < 1.29 is 14.7 Å². The van der Waals surface area contributed by atoms with Crippen molar-refractivity contribution in [3.8, 4) is 0 Å². The monoisotopic (exact) mass is 402 g/mol. The van der Waals surface area contributed by atoms with E-state index in [0.29, 0.717) is 36.2 Å². The lowest BCUT2D eigenvalue weighted by Crippen LogP contribution is -2.36. The van der Waals surface area contributed by atoms with Gasteiger partial charge in [0.15, 0.2) is 0 Å². The van der Waals surface area contributed by atoms with Crippen molar-refractivity contribution in [1.29, 1.82) is 0 Å². The van der Waals surface area contributed by atoms with Crippen LogP contribution < -0.4 is 0 Å².